The molecule has 8 heteroatoms. The third-order valence-corrected chi connectivity index (χ3v) is 6.32. The van der Waals surface area contributed by atoms with Gasteiger partial charge >= 0.3 is 0 Å². The molecule has 0 atom stereocenters. The molecule has 1 aromatic heterocycles. The average Bonchev–Trinajstić information content (AvgIpc) is 3.19. The van der Waals surface area contributed by atoms with Gasteiger partial charge in [-0.05, 0) is 61.0 Å². The molecule has 0 saturated carbocycles. The van der Waals surface area contributed by atoms with Gasteiger partial charge in [0.25, 0.3) is 0 Å². The summed E-state index contributed by atoms with van der Waals surface area (Å²) in [4.78, 5) is 4.13. The molecule has 1 N–H and O–H groups in total. The molecule has 0 unspecified atom stereocenters. The first-order valence-corrected chi connectivity index (χ1v) is 10.9. The highest BCUT2D eigenvalue weighted by molar-refractivity contribution is 7.91. The lowest BCUT2D eigenvalue weighted by molar-refractivity contribution is 0.576. The van der Waals surface area contributed by atoms with Gasteiger partial charge in [-0.2, -0.15) is 4.98 Å². The van der Waals surface area contributed by atoms with Gasteiger partial charge < -0.3 is 9.73 Å². The van der Waals surface area contributed by atoms with E-state index in [0.29, 0.717) is 5.56 Å². The van der Waals surface area contributed by atoms with E-state index in [4.69, 9.17) is 4.42 Å². The first kappa shape index (κ1) is 20.7. The maximum absolute atomic E-state index is 13.3. The summed E-state index contributed by atoms with van der Waals surface area (Å²) >= 11 is 0. The van der Waals surface area contributed by atoms with Crippen molar-refractivity contribution in [2.75, 3.05) is 5.32 Å². The van der Waals surface area contributed by atoms with Crippen molar-refractivity contribution in [3.05, 3.63) is 95.6 Å². The molecule has 1 heterocycles. The fourth-order valence-electron chi connectivity index (χ4n) is 2.93. The van der Waals surface area contributed by atoms with E-state index in [1.807, 2.05) is 19.1 Å². The molecule has 0 aliphatic carbocycles. The van der Waals surface area contributed by atoms with Crippen LogP contribution in [0.25, 0.3) is 11.5 Å². The lowest BCUT2D eigenvalue weighted by atomic mass is 10.1. The van der Waals surface area contributed by atoms with Gasteiger partial charge in [0.15, 0.2) is 0 Å². The minimum absolute atomic E-state index is 0.0516. The van der Waals surface area contributed by atoms with E-state index in [0.717, 1.165) is 23.3 Å². The number of aryl methyl sites for hydroxylation is 1. The maximum Gasteiger partial charge on any atom is 0.234 e. The lowest BCUT2D eigenvalue weighted by Gasteiger charge is -2.06. The van der Waals surface area contributed by atoms with Crippen LogP contribution in [-0.2, 0) is 16.4 Å². The molecule has 0 aliphatic rings. The van der Waals surface area contributed by atoms with Gasteiger partial charge in [-0.1, -0.05) is 29.8 Å². The van der Waals surface area contributed by atoms with Crippen molar-refractivity contribution >= 4 is 15.7 Å². The molecule has 3 aromatic carbocycles. The summed E-state index contributed by atoms with van der Waals surface area (Å²) < 4.78 is 58.6. The summed E-state index contributed by atoms with van der Waals surface area (Å²) in [7, 11) is -4.09. The van der Waals surface area contributed by atoms with Gasteiger partial charge in [0.1, 0.15) is 11.6 Å². The number of anilines is 1. The molecule has 0 amide bonds. The van der Waals surface area contributed by atoms with Crippen LogP contribution in [0.1, 0.15) is 11.1 Å². The number of halogens is 2. The summed E-state index contributed by atoms with van der Waals surface area (Å²) in [5, 5.41) is 2.62. The predicted molar refractivity (Wildman–Crippen MR) is 112 cm³/mol. The van der Waals surface area contributed by atoms with Crippen LogP contribution in [0, 0.1) is 18.6 Å². The van der Waals surface area contributed by atoms with Crippen LogP contribution in [0.15, 0.2) is 87.1 Å². The van der Waals surface area contributed by atoms with Crippen LogP contribution in [0.2, 0.25) is 0 Å². The highest BCUT2D eigenvalue weighted by Gasteiger charge is 2.28. The number of nitrogens with zero attached hydrogens (tertiary/aromatic N) is 1. The summed E-state index contributed by atoms with van der Waals surface area (Å²) in [5.41, 5.74) is 2.36. The van der Waals surface area contributed by atoms with E-state index in [1.54, 1.807) is 24.3 Å². The van der Waals surface area contributed by atoms with Crippen molar-refractivity contribution in [2.45, 2.75) is 23.4 Å². The smallest absolute Gasteiger partial charge is 0.234 e. The third-order valence-electron chi connectivity index (χ3n) is 4.64. The fraction of sp³-hybridized carbons (Fsp3) is 0.0870. The zero-order valence-corrected chi connectivity index (χ0v) is 17.3. The molecule has 4 rings (SSSR count). The Morgan fingerprint density at radius 2 is 1.45 bits per heavy atom. The number of hydrogen-bond donors (Lipinski definition) is 1. The van der Waals surface area contributed by atoms with Gasteiger partial charge in [0.2, 0.25) is 26.6 Å². The topological polar surface area (TPSA) is 72.2 Å². The van der Waals surface area contributed by atoms with Gasteiger partial charge in [-0.15, -0.1) is 0 Å². The third kappa shape index (κ3) is 4.49. The predicted octanol–water partition coefficient (Wildman–Crippen LogP) is 5.37. The van der Waals surface area contributed by atoms with Crippen LogP contribution < -0.4 is 5.32 Å². The fourth-order valence-corrected chi connectivity index (χ4v) is 4.21. The standard InChI is InChI=1S/C23H18F2N2O3S/c1-15-2-6-17(7-3-15)21-27-23(31(28,29)20-12-10-19(25)11-13-20)22(30-21)26-14-16-4-8-18(24)9-5-16/h2-13,26H,14H2,1H3. The molecule has 5 nitrogen and oxygen atoms in total. The molecule has 0 fully saturated rings. The maximum atomic E-state index is 13.3. The minimum Gasteiger partial charge on any atom is -0.419 e. The lowest BCUT2D eigenvalue weighted by Crippen LogP contribution is -2.07. The highest BCUT2D eigenvalue weighted by Crippen LogP contribution is 2.32. The normalized spacial score (nSPS) is 11.5. The van der Waals surface area contributed by atoms with Crippen molar-refractivity contribution in [1.29, 1.82) is 0 Å². The highest BCUT2D eigenvalue weighted by atomic mass is 32.2. The molecule has 0 spiro atoms. The van der Waals surface area contributed by atoms with Crippen LogP contribution in [0.5, 0.6) is 0 Å². The number of nitrogens with one attached hydrogen (secondary N) is 1. The minimum atomic E-state index is -4.09. The number of aromatic nitrogens is 1. The van der Waals surface area contributed by atoms with Gasteiger partial charge in [0, 0.05) is 12.1 Å². The number of benzene rings is 3. The van der Waals surface area contributed by atoms with Crippen LogP contribution >= 0.6 is 0 Å². The Kier molecular flexibility index (Phi) is 5.56. The Balaban J connectivity index is 1.74. The van der Waals surface area contributed by atoms with Gasteiger partial charge in [0.05, 0.1) is 4.90 Å². The Bertz CT molecular complexity index is 1300. The van der Waals surface area contributed by atoms with E-state index in [1.165, 1.54) is 24.3 Å². The van der Waals surface area contributed by atoms with Crippen molar-refractivity contribution < 1.29 is 21.6 Å². The molecular weight excluding hydrogens is 422 g/mol. The van der Waals surface area contributed by atoms with E-state index in [-0.39, 0.29) is 34.1 Å². The van der Waals surface area contributed by atoms with Crippen molar-refractivity contribution in [3.8, 4) is 11.5 Å². The van der Waals surface area contributed by atoms with Crippen molar-refractivity contribution in [1.82, 2.24) is 4.98 Å². The summed E-state index contributed by atoms with van der Waals surface area (Å²) in [6.45, 7) is 2.12. The zero-order valence-electron chi connectivity index (χ0n) is 16.5. The number of hydrogen-bond acceptors (Lipinski definition) is 5. The molecule has 0 saturated heterocycles. The molecule has 4 aromatic rings. The molecular formula is C23H18F2N2O3S. The Labute approximate surface area is 178 Å². The molecule has 158 valence electrons. The Hall–Kier alpha value is -3.52. The number of rotatable bonds is 6. The number of sulfone groups is 1. The van der Waals surface area contributed by atoms with E-state index >= 15 is 0 Å². The van der Waals surface area contributed by atoms with Crippen LogP contribution in [0.4, 0.5) is 14.7 Å². The molecule has 0 bridgehead atoms. The molecule has 0 aliphatic heterocycles. The second kappa shape index (κ2) is 8.31. The van der Waals surface area contributed by atoms with E-state index < -0.39 is 15.7 Å². The summed E-state index contributed by atoms with van der Waals surface area (Å²) in [6, 6.07) is 17.5. The SMILES string of the molecule is Cc1ccc(-c2nc(S(=O)(=O)c3ccc(F)cc3)c(NCc3ccc(F)cc3)o2)cc1. The largest absolute Gasteiger partial charge is 0.419 e. The van der Waals surface area contributed by atoms with Gasteiger partial charge in [-0.3, -0.25) is 0 Å². The van der Waals surface area contributed by atoms with Crippen LogP contribution in [0.3, 0.4) is 0 Å². The quantitative estimate of drug-likeness (QED) is 0.408. The first-order chi connectivity index (χ1) is 14.8. The first-order valence-electron chi connectivity index (χ1n) is 9.40. The van der Waals surface area contributed by atoms with Crippen LogP contribution in [-0.4, -0.2) is 13.4 Å². The van der Waals surface area contributed by atoms with Crippen molar-refractivity contribution in [3.63, 3.8) is 0 Å². The number of oxazole rings is 1. The van der Waals surface area contributed by atoms with E-state index in [2.05, 4.69) is 10.3 Å². The molecule has 0 radical (unpaired) electrons. The monoisotopic (exact) mass is 440 g/mol. The summed E-state index contributed by atoms with van der Waals surface area (Å²) in [6.07, 6.45) is 0. The molecule has 31 heavy (non-hydrogen) atoms. The van der Waals surface area contributed by atoms with E-state index in [9.17, 15) is 17.2 Å². The second-order valence-electron chi connectivity index (χ2n) is 6.96. The van der Waals surface area contributed by atoms with Gasteiger partial charge in [-0.25, -0.2) is 17.2 Å². The van der Waals surface area contributed by atoms with Crippen molar-refractivity contribution in [2.24, 2.45) is 0 Å². The average molecular weight is 440 g/mol. The Morgan fingerprint density at radius 1 is 0.871 bits per heavy atom. The second-order valence-corrected chi connectivity index (χ2v) is 8.82. The summed E-state index contributed by atoms with van der Waals surface area (Å²) in [5.74, 6) is -0.842. The zero-order chi connectivity index (χ0) is 22.0. The Morgan fingerprint density at radius 3 is 2.06 bits per heavy atom.